The van der Waals surface area contributed by atoms with Crippen molar-refractivity contribution >= 4 is 11.9 Å². The number of carboxylic acids is 1. The van der Waals surface area contributed by atoms with Gasteiger partial charge in [-0.25, -0.2) is 0 Å². The maximum Gasteiger partial charge on any atom is 0.320 e. The second-order valence-electron chi connectivity index (χ2n) is 4.24. The largest absolute Gasteiger partial charge is 0.480 e. The summed E-state index contributed by atoms with van der Waals surface area (Å²) >= 11 is 0. The van der Waals surface area contributed by atoms with Crippen LogP contribution < -0.4 is 10.6 Å². The molecule has 0 fully saturated rings. The van der Waals surface area contributed by atoms with Crippen LogP contribution in [-0.4, -0.2) is 35.1 Å². The van der Waals surface area contributed by atoms with Gasteiger partial charge in [0.25, 0.3) is 0 Å². The molecule has 1 atom stereocenters. The van der Waals surface area contributed by atoms with Gasteiger partial charge in [-0.05, 0) is 27.7 Å². The summed E-state index contributed by atoms with van der Waals surface area (Å²) < 4.78 is 0. The topological polar surface area (TPSA) is 78.4 Å². The van der Waals surface area contributed by atoms with E-state index in [-0.39, 0.29) is 18.0 Å². The Morgan fingerprint density at radius 3 is 2.21 bits per heavy atom. The Hall–Kier alpha value is -1.10. The first-order valence-electron chi connectivity index (χ1n) is 4.49. The highest BCUT2D eigenvalue weighted by atomic mass is 16.4. The molecule has 0 saturated heterocycles. The third-order valence-electron chi connectivity index (χ3n) is 1.45. The maximum absolute atomic E-state index is 11.2. The average molecular weight is 202 g/mol. The van der Waals surface area contributed by atoms with Crippen LogP contribution in [0.3, 0.4) is 0 Å². The van der Waals surface area contributed by atoms with Crippen LogP contribution in [0.5, 0.6) is 0 Å². The van der Waals surface area contributed by atoms with Gasteiger partial charge in [-0.15, -0.1) is 0 Å². The Morgan fingerprint density at radius 2 is 1.86 bits per heavy atom. The molecule has 0 aromatic rings. The minimum atomic E-state index is -0.964. The monoisotopic (exact) mass is 202 g/mol. The van der Waals surface area contributed by atoms with Gasteiger partial charge in [0.15, 0.2) is 0 Å². The summed E-state index contributed by atoms with van der Waals surface area (Å²) in [4.78, 5) is 21.6. The quantitative estimate of drug-likeness (QED) is 0.598. The zero-order valence-corrected chi connectivity index (χ0v) is 9.05. The fourth-order valence-electron chi connectivity index (χ4n) is 0.796. The summed E-state index contributed by atoms with van der Waals surface area (Å²) in [6, 6.07) is -0.708. The molecule has 0 spiro atoms. The lowest BCUT2D eigenvalue weighted by Crippen LogP contribution is -2.47. The highest BCUT2D eigenvalue weighted by molar-refractivity contribution is 5.80. The molecule has 82 valence electrons. The number of carbonyl (C=O) groups excluding carboxylic acids is 1. The zero-order valence-electron chi connectivity index (χ0n) is 9.05. The fraction of sp³-hybridized carbons (Fsp3) is 0.778. The predicted octanol–water partition coefficient (Wildman–Crippen LogP) is -0.0362. The number of hydrogen-bond acceptors (Lipinski definition) is 3. The number of hydrogen-bond donors (Lipinski definition) is 3. The van der Waals surface area contributed by atoms with E-state index in [1.54, 1.807) is 0 Å². The molecule has 0 saturated carbocycles. The minimum absolute atomic E-state index is 0.0186. The van der Waals surface area contributed by atoms with Gasteiger partial charge < -0.3 is 10.4 Å². The predicted molar refractivity (Wildman–Crippen MR) is 53.0 cm³/mol. The molecule has 5 heteroatoms. The first-order chi connectivity index (χ1) is 6.22. The number of rotatable bonds is 4. The first kappa shape index (κ1) is 12.9. The highest BCUT2D eigenvalue weighted by Crippen LogP contribution is 1.97. The molecular weight excluding hydrogens is 184 g/mol. The van der Waals surface area contributed by atoms with Crippen molar-refractivity contribution < 1.29 is 14.7 Å². The van der Waals surface area contributed by atoms with Crippen LogP contribution in [-0.2, 0) is 9.59 Å². The molecule has 5 nitrogen and oxygen atoms in total. The normalized spacial score (nSPS) is 13.4. The third kappa shape index (κ3) is 6.42. The molecule has 0 rings (SSSR count). The van der Waals surface area contributed by atoms with Gasteiger partial charge in [0.05, 0.1) is 6.54 Å². The molecule has 0 aromatic carbocycles. The molecule has 0 aliphatic rings. The molecule has 14 heavy (non-hydrogen) atoms. The third-order valence-corrected chi connectivity index (χ3v) is 1.45. The lowest BCUT2D eigenvalue weighted by atomic mass is 10.1. The summed E-state index contributed by atoms with van der Waals surface area (Å²) in [6.45, 7) is 7.11. The summed E-state index contributed by atoms with van der Waals surface area (Å²) in [5, 5.41) is 13.8. The molecule has 0 aromatic heterocycles. The van der Waals surface area contributed by atoms with Crippen LogP contribution in [0.25, 0.3) is 0 Å². The van der Waals surface area contributed by atoms with E-state index in [0.29, 0.717) is 0 Å². The highest BCUT2D eigenvalue weighted by Gasteiger charge is 2.15. The van der Waals surface area contributed by atoms with Crippen LogP contribution in [0.15, 0.2) is 0 Å². The van der Waals surface area contributed by atoms with Gasteiger partial charge in [0, 0.05) is 5.54 Å². The van der Waals surface area contributed by atoms with Gasteiger partial charge in [-0.1, -0.05) is 0 Å². The molecular formula is C9H18N2O3. The molecule has 0 unspecified atom stereocenters. The number of amides is 1. The summed E-state index contributed by atoms with van der Waals surface area (Å²) in [6.07, 6.45) is 0. The lowest BCUT2D eigenvalue weighted by molar-refractivity contribution is -0.139. The summed E-state index contributed by atoms with van der Waals surface area (Å²) in [5.41, 5.74) is -0.286. The van der Waals surface area contributed by atoms with Crippen molar-refractivity contribution in [3.05, 3.63) is 0 Å². The van der Waals surface area contributed by atoms with Crippen molar-refractivity contribution in [3.63, 3.8) is 0 Å². The van der Waals surface area contributed by atoms with E-state index in [0.717, 1.165) is 0 Å². The zero-order chi connectivity index (χ0) is 11.4. The van der Waals surface area contributed by atoms with Gasteiger partial charge in [0.1, 0.15) is 6.04 Å². The number of nitrogens with one attached hydrogen (secondary N) is 2. The molecule has 0 heterocycles. The van der Waals surface area contributed by atoms with E-state index in [9.17, 15) is 9.59 Å². The lowest BCUT2D eigenvalue weighted by Gasteiger charge is -2.21. The van der Waals surface area contributed by atoms with E-state index < -0.39 is 12.0 Å². The van der Waals surface area contributed by atoms with E-state index in [2.05, 4.69) is 10.6 Å². The van der Waals surface area contributed by atoms with Crippen molar-refractivity contribution in [2.75, 3.05) is 6.54 Å². The average Bonchev–Trinajstić information content (AvgIpc) is 1.96. The van der Waals surface area contributed by atoms with Crippen molar-refractivity contribution in [3.8, 4) is 0 Å². The Morgan fingerprint density at radius 1 is 1.36 bits per heavy atom. The number of carbonyl (C=O) groups is 2. The smallest absolute Gasteiger partial charge is 0.320 e. The van der Waals surface area contributed by atoms with Gasteiger partial charge in [-0.2, -0.15) is 0 Å². The van der Waals surface area contributed by atoms with E-state index >= 15 is 0 Å². The van der Waals surface area contributed by atoms with Gasteiger partial charge >= 0.3 is 5.97 Å². The van der Waals surface area contributed by atoms with E-state index in [1.165, 1.54) is 6.92 Å². The molecule has 0 radical (unpaired) electrons. The molecule has 0 bridgehead atoms. The molecule has 0 aliphatic heterocycles. The summed E-state index contributed by atoms with van der Waals surface area (Å²) in [7, 11) is 0. The van der Waals surface area contributed by atoms with Crippen LogP contribution >= 0.6 is 0 Å². The Bertz CT molecular complexity index is 221. The van der Waals surface area contributed by atoms with Crippen LogP contribution in [0, 0.1) is 0 Å². The Kier molecular flexibility index (Phi) is 4.56. The molecule has 1 amide bonds. The van der Waals surface area contributed by atoms with Crippen molar-refractivity contribution in [1.29, 1.82) is 0 Å². The summed E-state index contributed by atoms with van der Waals surface area (Å²) in [5.74, 6) is -1.17. The molecule has 3 N–H and O–H groups in total. The van der Waals surface area contributed by atoms with Crippen molar-refractivity contribution in [2.24, 2.45) is 0 Å². The maximum atomic E-state index is 11.2. The first-order valence-corrected chi connectivity index (χ1v) is 4.49. The fourth-order valence-corrected chi connectivity index (χ4v) is 0.796. The van der Waals surface area contributed by atoms with Crippen molar-refractivity contribution in [1.82, 2.24) is 10.6 Å². The standard InChI is InChI=1S/C9H18N2O3/c1-6(8(13)14)10-5-7(12)11-9(2,3)4/h6,10H,5H2,1-4H3,(H,11,12)(H,13,14)/t6-/m1/s1. The van der Waals surface area contributed by atoms with E-state index in [1.807, 2.05) is 20.8 Å². The Balaban J connectivity index is 3.81. The van der Waals surface area contributed by atoms with E-state index in [4.69, 9.17) is 5.11 Å². The van der Waals surface area contributed by atoms with Crippen LogP contribution in [0.4, 0.5) is 0 Å². The SMILES string of the molecule is C[C@@H](NCC(=O)NC(C)(C)C)C(=O)O. The van der Waals surface area contributed by atoms with Gasteiger partial charge in [-0.3, -0.25) is 14.9 Å². The minimum Gasteiger partial charge on any atom is -0.480 e. The van der Waals surface area contributed by atoms with Crippen LogP contribution in [0.2, 0.25) is 0 Å². The second kappa shape index (κ2) is 4.95. The second-order valence-corrected chi connectivity index (χ2v) is 4.24. The Labute approximate surface area is 83.9 Å². The number of aliphatic carboxylic acids is 1. The molecule has 0 aliphatic carbocycles. The van der Waals surface area contributed by atoms with Crippen LogP contribution in [0.1, 0.15) is 27.7 Å². The van der Waals surface area contributed by atoms with Crippen molar-refractivity contribution in [2.45, 2.75) is 39.3 Å². The number of carboxylic acid groups (broad SMARTS) is 1. The van der Waals surface area contributed by atoms with Gasteiger partial charge in [0.2, 0.25) is 5.91 Å².